The lowest BCUT2D eigenvalue weighted by Gasteiger charge is -2.19. The number of hydrogen-bond acceptors (Lipinski definition) is 2. The molecule has 25 heavy (non-hydrogen) atoms. The van der Waals surface area contributed by atoms with Crippen LogP contribution in [0.3, 0.4) is 0 Å². The van der Waals surface area contributed by atoms with Gasteiger partial charge in [0.15, 0.2) is 0 Å². The summed E-state index contributed by atoms with van der Waals surface area (Å²) in [4.78, 5) is 25.9. The molecule has 1 aliphatic rings. The zero-order chi connectivity index (χ0) is 18.0. The van der Waals surface area contributed by atoms with E-state index in [4.69, 9.17) is 0 Å². The lowest BCUT2D eigenvalue weighted by Crippen LogP contribution is -2.34. The lowest BCUT2D eigenvalue weighted by atomic mass is 10.0. The molecule has 1 aliphatic heterocycles. The molecule has 2 atom stereocenters. The van der Waals surface area contributed by atoms with Crippen molar-refractivity contribution in [2.24, 2.45) is 5.92 Å². The maximum Gasteiger partial charge on any atom is 0.227 e. The average molecular weight is 344 g/mol. The van der Waals surface area contributed by atoms with Crippen molar-refractivity contribution < 1.29 is 18.4 Å². The first kappa shape index (κ1) is 17.1. The Hall–Kier alpha value is -2.76. The average Bonchev–Trinajstić information content (AvgIpc) is 2.97. The van der Waals surface area contributed by atoms with Gasteiger partial charge in [0, 0.05) is 13.0 Å². The van der Waals surface area contributed by atoms with Crippen LogP contribution in [-0.4, -0.2) is 18.4 Å². The van der Waals surface area contributed by atoms with Gasteiger partial charge in [-0.3, -0.25) is 9.59 Å². The van der Waals surface area contributed by atoms with Gasteiger partial charge in [0.2, 0.25) is 11.8 Å². The minimum Gasteiger partial charge on any atom is -0.349 e. The Morgan fingerprint density at radius 1 is 1.16 bits per heavy atom. The van der Waals surface area contributed by atoms with Gasteiger partial charge in [-0.25, -0.2) is 8.78 Å². The van der Waals surface area contributed by atoms with Crippen molar-refractivity contribution in [3.05, 3.63) is 65.7 Å². The smallest absolute Gasteiger partial charge is 0.227 e. The molecule has 4 nitrogen and oxygen atoms in total. The van der Waals surface area contributed by atoms with E-state index >= 15 is 0 Å². The van der Waals surface area contributed by atoms with Crippen LogP contribution in [0.5, 0.6) is 0 Å². The van der Waals surface area contributed by atoms with Gasteiger partial charge in [0.05, 0.1) is 17.6 Å². The highest BCUT2D eigenvalue weighted by Crippen LogP contribution is 2.27. The molecular formula is C19H18F2N2O2. The third-order valence-electron chi connectivity index (χ3n) is 4.37. The maximum atomic E-state index is 13.9. The summed E-state index contributed by atoms with van der Waals surface area (Å²) in [6, 6.07) is 11.6. The Balaban J connectivity index is 1.66. The van der Waals surface area contributed by atoms with E-state index < -0.39 is 11.7 Å². The van der Waals surface area contributed by atoms with Gasteiger partial charge in [-0.15, -0.1) is 0 Å². The van der Waals surface area contributed by atoms with Crippen LogP contribution >= 0.6 is 0 Å². The van der Waals surface area contributed by atoms with Gasteiger partial charge in [-0.05, 0) is 36.8 Å². The summed E-state index contributed by atoms with van der Waals surface area (Å²) in [6.07, 6.45) is 0.0380. The summed E-state index contributed by atoms with van der Waals surface area (Å²) in [7, 11) is 0. The number of para-hydroxylation sites is 1. The molecule has 1 fully saturated rings. The van der Waals surface area contributed by atoms with Crippen molar-refractivity contribution in [1.82, 2.24) is 5.32 Å². The molecule has 2 amide bonds. The molecule has 0 saturated carbocycles. The summed E-state index contributed by atoms with van der Waals surface area (Å²) in [5, 5.41) is 2.83. The number of nitrogens with one attached hydrogen (secondary N) is 1. The second kappa shape index (κ2) is 7.01. The van der Waals surface area contributed by atoms with E-state index in [9.17, 15) is 18.4 Å². The van der Waals surface area contributed by atoms with Crippen molar-refractivity contribution in [3.8, 4) is 0 Å². The van der Waals surface area contributed by atoms with Crippen molar-refractivity contribution in [2.75, 3.05) is 11.4 Å². The van der Waals surface area contributed by atoms with Crippen molar-refractivity contribution in [2.45, 2.75) is 19.4 Å². The molecular weight excluding hydrogens is 326 g/mol. The molecule has 2 aromatic rings. The van der Waals surface area contributed by atoms with E-state index in [1.54, 1.807) is 31.2 Å². The monoisotopic (exact) mass is 344 g/mol. The molecule has 130 valence electrons. The quantitative estimate of drug-likeness (QED) is 0.926. The number of anilines is 1. The highest BCUT2D eigenvalue weighted by molar-refractivity contribution is 6.00. The Morgan fingerprint density at radius 3 is 2.52 bits per heavy atom. The second-order valence-corrected chi connectivity index (χ2v) is 6.14. The third kappa shape index (κ3) is 3.68. The van der Waals surface area contributed by atoms with Gasteiger partial charge in [-0.2, -0.15) is 0 Å². The molecule has 6 heteroatoms. The van der Waals surface area contributed by atoms with Crippen LogP contribution in [0.2, 0.25) is 0 Å². The molecule has 0 aliphatic carbocycles. The van der Waals surface area contributed by atoms with E-state index in [0.29, 0.717) is 0 Å². The van der Waals surface area contributed by atoms with E-state index in [1.165, 1.54) is 29.2 Å². The second-order valence-electron chi connectivity index (χ2n) is 6.14. The fraction of sp³-hybridized carbons (Fsp3) is 0.263. The first-order valence-electron chi connectivity index (χ1n) is 8.06. The SMILES string of the molecule is CC(NC(=O)C1CC(=O)N(c2ccccc2F)C1)c1ccc(F)cc1. The van der Waals surface area contributed by atoms with Crippen LogP contribution in [0.1, 0.15) is 24.9 Å². The van der Waals surface area contributed by atoms with Gasteiger partial charge >= 0.3 is 0 Å². The van der Waals surface area contributed by atoms with E-state index in [0.717, 1.165) is 5.56 Å². The van der Waals surface area contributed by atoms with E-state index in [2.05, 4.69) is 5.32 Å². The number of nitrogens with zero attached hydrogens (tertiary/aromatic N) is 1. The van der Waals surface area contributed by atoms with Gasteiger partial charge < -0.3 is 10.2 Å². The minimum absolute atomic E-state index is 0.0380. The largest absolute Gasteiger partial charge is 0.349 e. The predicted molar refractivity (Wildman–Crippen MR) is 89.8 cm³/mol. The Kier molecular flexibility index (Phi) is 4.79. The Morgan fingerprint density at radius 2 is 1.84 bits per heavy atom. The number of benzene rings is 2. The lowest BCUT2D eigenvalue weighted by molar-refractivity contribution is -0.126. The van der Waals surface area contributed by atoms with Crippen LogP contribution in [0.25, 0.3) is 0 Å². The number of rotatable bonds is 4. The van der Waals surface area contributed by atoms with Gasteiger partial charge in [0.25, 0.3) is 0 Å². The highest BCUT2D eigenvalue weighted by Gasteiger charge is 2.36. The molecule has 3 rings (SSSR count). The standard InChI is InChI=1S/C19H18F2N2O2/c1-12(13-6-8-15(20)9-7-13)22-19(25)14-10-18(24)23(11-14)17-5-3-2-4-16(17)21/h2-9,12,14H,10-11H2,1H3,(H,22,25). The molecule has 0 bridgehead atoms. The first-order chi connectivity index (χ1) is 12.0. The molecule has 0 radical (unpaired) electrons. The molecule has 2 unspecified atom stereocenters. The van der Waals surface area contributed by atoms with Crippen LogP contribution < -0.4 is 10.2 Å². The zero-order valence-electron chi connectivity index (χ0n) is 13.7. The fourth-order valence-electron chi connectivity index (χ4n) is 2.95. The van der Waals surface area contributed by atoms with Crippen molar-refractivity contribution >= 4 is 17.5 Å². The number of halogens is 2. The van der Waals surface area contributed by atoms with E-state index in [1.807, 2.05) is 0 Å². The van der Waals surface area contributed by atoms with Crippen molar-refractivity contribution in [1.29, 1.82) is 0 Å². The topological polar surface area (TPSA) is 49.4 Å². The van der Waals surface area contributed by atoms with Crippen molar-refractivity contribution in [3.63, 3.8) is 0 Å². The fourth-order valence-corrected chi connectivity index (χ4v) is 2.95. The van der Waals surface area contributed by atoms with Crippen LogP contribution in [0, 0.1) is 17.6 Å². The Labute approximate surface area is 144 Å². The predicted octanol–water partition coefficient (Wildman–Crippen LogP) is 3.20. The highest BCUT2D eigenvalue weighted by atomic mass is 19.1. The number of hydrogen-bond donors (Lipinski definition) is 1. The normalized spacial score (nSPS) is 18.3. The number of carbonyl (C=O) groups is 2. The molecule has 0 spiro atoms. The molecule has 0 aromatic heterocycles. The summed E-state index contributed by atoms with van der Waals surface area (Å²) in [5.74, 6) is -1.93. The zero-order valence-corrected chi connectivity index (χ0v) is 13.7. The molecule has 1 saturated heterocycles. The molecule has 1 heterocycles. The summed E-state index contributed by atoms with van der Waals surface area (Å²) >= 11 is 0. The van der Waals surface area contributed by atoms with Gasteiger partial charge in [0.1, 0.15) is 11.6 Å². The Bertz CT molecular complexity index is 792. The summed E-state index contributed by atoms with van der Waals surface area (Å²) in [5.41, 5.74) is 0.958. The molecule has 1 N–H and O–H groups in total. The molecule has 2 aromatic carbocycles. The van der Waals surface area contributed by atoms with Crippen LogP contribution in [0.4, 0.5) is 14.5 Å². The van der Waals surface area contributed by atoms with Crippen LogP contribution in [-0.2, 0) is 9.59 Å². The van der Waals surface area contributed by atoms with E-state index in [-0.39, 0.29) is 42.3 Å². The minimum atomic E-state index is -0.546. The first-order valence-corrected chi connectivity index (χ1v) is 8.06. The summed E-state index contributed by atoms with van der Waals surface area (Å²) in [6.45, 7) is 1.93. The third-order valence-corrected chi connectivity index (χ3v) is 4.37. The number of amides is 2. The van der Waals surface area contributed by atoms with Gasteiger partial charge in [-0.1, -0.05) is 24.3 Å². The number of carbonyl (C=O) groups excluding carboxylic acids is 2. The summed E-state index contributed by atoms with van der Waals surface area (Å²) < 4.78 is 26.9. The van der Waals surface area contributed by atoms with Crippen LogP contribution in [0.15, 0.2) is 48.5 Å². The maximum absolute atomic E-state index is 13.9.